The maximum absolute atomic E-state index is 11.4. The summed E-state index contributed by atoms with van der Waals surface area (Å²) in [5.74, 6) is -0.0218. The highest BCUT2D eigenvalue weighted by atomic mass is 16.2. The first-order valence-electron chi connectivity index (χ1n) is 5.42. The molecule has 3 nitrogen and oxygen atoms in total. The number of nitrogens with one attached hydrogen (secondary N) is 1. The van der Waals surface area contributed by atoms with Crippen molar-refractivity contribution in [2.45, 2.75) is 19.3 Å². The highest BCUT2D eigenvalue weighted by Gasteiger charge is 1.99. The van der Waals surface area contributed by atoms with Gasteiger partial charge in [0, 0.05) is 6.61 Å². The minimum absolute atomic E-state index is 0.0218. The standard InChI is InChI=1S/C13H17NO2/c15-10-6-2-5-9-14-13(16)11-12-7-3-1-4-8-12/h1,3-5,7-9,15H,2,6,10-11H2,(H,14,16). The number of allylic oxidation sites excluding steroid dienone is 1. The van der Waals surface area contributed by atoms with Crippen molar-refractivity contribution in [1.29, 1.82) is 0 Å². The Balaban J connectivity index is 2.24. The highest BCUT2D eigenvalue weighted by molar-refractivity contribution is 5.79. The molecule has 3 heteroatoms. The second-order valence-corrected chi connectivity index (χ2v) is 3.50. The number of unbranched alkanes of at least 4 members (excludes halogenated alkanes) is 1. The van der Waals surface area contributed by atoms with Gasteiger partial charge in [-0.05, 0) is 24.6 Å². The van der Waals surface area contributed by atoms with Crippen LogP contribution in [0.25, 0.3) is 0 Å². The number of carbonyl (C=O) groups excluding carboxylic acids is 1. The summed E-state index contributed by atoms with van der Waals surface area (Å²) in [6.07, 6.45) is 5.39. The van der Waals surface area contributed by atoms with E-state index in [0.29, 0.717) is 6.42 Å². The number of amides is 1. The molecule has 1 rings (SSSR count). The molecular formula is C13H17NO2. The summed E-state index contributed by atoms with van der Waals surface area (Å²) in [6.45, 7) is 0.183. The second kappa shape index (κ2) is 7.65. The molecule has 0 aliphatic heterocycles. The first kappa shape index (κ1) is 12.5. The van der Waals surface area contributed by atoms with Crippen LogP contribution in [0.1, 0.15) is 18.4 Å². The molecule has 86 valence electrons. The normalized spacial score (nSPS) is 10.6. The Morgan fingerprint density at radius 2 is 2.06 bits per heavy atom. The van der Waals surface area contributed by atoms with E-state index in [1.807, 2.05) is 36.4 Å². The summed E-state index contributed by atoms with van der Waals surface area (Å²) in [7, 11) is 0. The summed E-state index contributed by atoms with van der Waals surface area (Å²) in [4.78, 5) is 11.4. The lowest BCUT2D eigenvalue weighted by atomic mass is 10.1. The zero-order valence-corrected chi connectivity index (χ0v) is 9.23. The van der Waals surface area contributed by atoms with Gasteiger partial charge in [0.25, 0.3) is 0 Å². The summed E-state index contributed by atoms with van der Waals surface area (Å²) < 4.78 is 0. The Morgan fingerprint density at radius 1 is 1.31 bits per heavy atom. The molecule has 0 fully saturated rings. The molecule has 0 saturated heterocycles. The number of hydrogen-bond acceptors (Lipinski definition) is 2. The average molecular weight is 219 g/mol. The largest absolute Gasteiger partial charge is 0.396 e. The van der Waals surface area contributed by atoms with Crippen LogP contribution in [0.2, 0.25) is 0 Å². The quantitative estimate of drug-likeness (QED) is 0.714. The van der Waals surface area contributed by atoms with Crippen molar-refractivity contribution in [3.63, 3.8) is 0 Å². The zero-order chi connectivity index (χ0) is 11.6. The van der Waals surface area contributed by atoms with Gasteiger partial charge in [-0.15, -0.1) is 0 Å². The molecule has 0 atom stereocenters. The first-order valence-corrected chi connectivity index (χ1v) is 5.42. The maximum atomic E-state index is 11.4. The predicted octanol–water partition coefficient (Wildman–Crippen LogP) is 1.63. The smallest absolute Gasteiger partial charge is 0.228 e. The highest BCUT2D eigenvalue weighted by Crippen LogP contribution is 1.99. The minimum Gasteiger partial charge on any atom is -0.396 e. The van der Waals surface area contributed by atoms with E-state index in [2.05, 4.69) is 5.32 Å². The van der Waals surface area contributed by atoms with Crippen LogP contribution in [-0.4, -0.2) is 17.6 Å². The van der Waals surface area contributed by atoms with Crippen molar-refractivity contribution in [2.24, 2.45) is 0 Å². The van der Waals surface area contributed by atoms with Gasteiger partial charge in [0.15, 0.2) is 0 Å². The van der Waals surface area contributed by atoms with Crippen LogP contribution >= 0.6 is 0 Å². The van der Waals surface area contributed by atoms with Gasteiger partial charge in [0.05, 0.1) is 6.42 Å². The summed E-state index contributed by atoms with van der Waals surface area (Å²) in [5, 5.41) is 11.2. The zero-order valence-electron chi connectivity index (χ0n) is 9.23. The first-order chi connectivity index (χ1) is 7.83. The SMILES string of the molecule is O=C(Cc1ccccc1)NC=CCCCO. The van der Waals surface area contributed by atoms with Crippen LogP contribution in [0.15, 0.2) is 42.6 Å². The monoisotopic (exact) mass is 219 g/mol. The van der Waals surface area contributed by atoms with Crippen molar-refractivity contribution in [2.75, 3.05) is 6.61 Å². The lowest BCUT2D eigenvalue weighted by Crippen LogP contribution is -2.19. The van der Waals surface area contributed by atoms with Gasteiger partial charge < -0.3 is 10.4 Å². The van der Waals surface area contributed by atoms with Gasteiger partial charge in [0.2, 0.25) is 5.91 Å². The summed E-state index contributed by atoms with van der Waals surface area (Å²) >= 11 is 0. The molecule has 0 saturated carbocycles. The van der Waals surface area contributed by atoms with Gasteiger partial charge in [-0.3, -0.25) is 4.79 Å². The van der Waals surface area contributed by atoms with Crippen molar-refractivity contribution >= 4 is 5.91 Å². The predicted molar refractivity (Wildman–Crippen MR) is 63.7 cm³/mol. The Hall–Kier alpha value is -1.61. The van der Waals surface area contributed by atoms with E-state index < -0.39 is 0 Å². The van der Waals surface area contributed by atoms with Crippen molar-refractivity contribution in [3.8, 4) is 0 Å². The third-order valence-corrected chi connectivity index (χ3v) is 2.10. The fourth-order valence-electron chi connectivity index (χ4n) is 1.28. The van der Waals surface area contributed by atoms with Crippen LogP contribution in [0.3, 0.4) is 0 Å². The molecule has 16 heavy (non-hydrogen) atoms. The van der Waals surface area contributed by atoms with Gasteiger partial charge >= 0.3 is 0 Å². The Morgan fingerprint density at radius 3 is 2.75 bits per heavy atom. The lowest BCUT2D eigenvalue weighted by molar-refractivity contribution is -0.119. The number of aliphatic hydroxyl groups excluding tert-OH is 1. The van der Waals surface area contributed by atoms with Crippen molar-refractivity contribution in [3.05, 3.63) is 48.2 Å². The summed E-state index contributed by atoms with van der Waals surface area (Å²) in [6, 6.07) is 9.61. The molecule has 1 aromatic rings. The minimum atomic E-state index is -0.0218. The molecule has 0 spiro atoms. The Labute approximate surface area is 95.8 Å². The molecule has 2 N–H and O–H groups in total. The van der Waals surface area contributed by atoms with E-state index in [1.54, 1.807) is 6.20 Å². The number of benzene rings is 1. The molecule has 0 aliphatic rings. The van der Waals surface area contributed by atoms with Crippen LogP contribution in [0.5, 0.6) is 0 Å². The van der Waals surface area contributed by atoms with Gasteiger partial charge in [0.1, 0.15) is 0 Å². The molecule has 1 aromatic carbocycles. The Kier molecular flexibility index (Phi) is 5.96. The fourth-order valence-corrected chi connectivity index (χ4v) is 1.28. The average Bonchev–Trinajstić information content (AvgIpc) is 2.30. The third-order valence-electron chi connectivity index (χ3n) is 2.10. The molecular weight excluding hydrogens is 202 g/mol. The van der Waals surface area contributed by atoms with E-state index in [0.717, 1.165) is 18.4 Å². The van der Waals surface area contributed by atoms with E-state index in [1.165, 1.54) is 0 Å². The lowest BCUT2D eigenvalue weighted by Gasteiger charge is -2.00. The fraction of sp³-hybridized carbons (Fsp3) is 0.308. The van der Waals surface area contributed by atoms with Crippen molar-refractivity contribution < 1.29 is 9.90 Å². The molecule has 0 unspecified atom stereocenters. The molecule has 0 bridgehead atoms. The topological polar surface area (TPSA) is 49.3 Å². The Bertz CT molecular complexity index is 333. The van der Waals surface area contributed by atoms with E-state index in [-0.39, 0.29) is 12.5 Å². The van der Waals surface area contributed by atoms with Crippen LogP contribution in [0.4, 0.5) is 0 Å². The third kappa shape index (κ3) is 5.32. The number of rotatable bonds is 6. The van der Waals surface area contributed by atoms with E-state index >= 15 is 0 Å². The van der Waals surface area contributed by atoms with Gasteiger partial charge in [-0.1, -0.05) is 36.4 Å². The van der Waals surface area contributed by atoms with Crippen molar-refractivity contribution in [1.82, 2.24) is 5.32 Å². The van der Waals surface area contributed by atoms with Crippen LogP contribution in [-0.2, 0) is 11.2 Å². The molecule has 0 heterocycles. The molecule has 1 amide bonds. The van der Waals surface area contributed by atoms with E-state index in [4.69, 9.17) is 5.11 Å². The van der Waals surface area contributed by atoms with Gasteiger partial charge in [-0.2, -0.15) is 0 Å². The number of hydrogen-bond donors (Lipinski definition) is 2. The second-order valence-electron chi connectivity index (χ2n) is 3.50. The van der Waals surface area contributed by atoms with Crippen LogP contribution in [0, 0.1) is 0 Å². The molecule has 0 radical (unpaired) electrons. The van der Waals surface area contributed by atoms with E-state index in [9.17, 15) is 4.79 Å². The number of aliphatic hydroxyl groups is 1. The van der Waals surface area contributed by atoms with Gasteiger partial charge in [-0.25, -0.2) is 0 Å². The number of carbonyl (C=O) groups is 1. The van der Waals surface area contributed by atoms with Crippen LogP contribution < -0.4 is 5.32 Å². The molecule has 0 aromatic heterocycles. The molecule has 0 aliphatic carbocycles. The summed E-state index contributed by atoms with van der Waals surface area (Å²) in [5.41, 5.74) is 1.00. The maximum Gasteiger partial charge on any atom is 0.228 e.